The van der Waals surface area contributed by atoms with Gasteiger partial charge in [-0.15, -0.1) is 0 Å². The largest absolute Gasteiger partial charge is 0.462 e. The van der Waals surface area contributed by atoms with Crippen molar-refractivity contribution < 1.29 is 14.3 Å². The van der Waals surface area contributed by atoms with Crippen LogP contribution in [-0.4, -0.2) is 18.4 Å². The Morgan fingerprint density at radius 3 is 2.56 bits per heavy atom. The molecule has 0 fully saturated rings. The van der Waals surface area contributed by atoms with Crippen LogP contribution in [0.3, 0.4) is 0 Å². The molecule has 0 bridgehead atoms. The fourth-order valence-corrected chi connectivity index (χ4v) is 2.91. The number of carbonyl (C=O) groups is 2. The van der Waals surface area contributed by atoms with Gasteiger partial charge in [0.2, 0.25) is 0 Å². The molecule has 0 heterocycles. The average molecular weight is 334 g/mol. The predicted octanol–water partition coefficient (Wildman–Crippen LogP) is 4.75. The van der Waals surface area contributed by atoms with Gasteiger partial charge in [0.1, 0.15) is 0 Å². The molecule has 0 aromatic heterocycles. The first kappa shape index (κ1) is 17.2. The zero-order chi connectivity index (χ0) is 17.8. The lowest BCUT2D eigenvalue weighted by Gasteiger charge is -2.12. The Morgan fingerprint density at radius 2 is 1.84 bits per heavy atom. The molecule has 3 rings (SSSR count). The highest BCUT2D eigenvalue weighted by molar-refractivity contribution is 6.15. The number of benzene rings is 2. The molecule has 0 radical (unpaired) electrons. The second-order valence-electron chi connectivity index (χ2n) is 6.39. The van der Waals surface area contributed by atoms with E-state index in [1.165, 1.54) is 0 Å². The van der Waals surface area contributed by atoms with Crippen LogP contribution < -0.4 is 0 Å². The van der Waals surface area contributed by atoms with Gasteiger partial charge in [0.25, 0.3) is 0 Å². The minimum Gasteiger partial charge on any atom is -0.462 e. The van der Waals surface area contributed by atoms with E-state index in [2.05, 4.69) is 0 Å². The number of hydrogen-bond donors (Lipinski definition) is 0. The van der Waals surface area contributed by atoms with E-state index >= 15 is 0 Å². The molecule has 0 saturated heterocycles. The molecule has 0 atom stereocenters. The van der Waals surface area contributed by atoms with Crippen molar-refractivity contribution in [2.75, 3.05) is 6.61 Å². The molecule has 0 unspecified atom stereocenters. The molecule has 3 nitrogen and oxygen atoms in total. The van der Waals surface area contributed by atoms with Crippen LogP contribution in [-0.2, 0) is 11.2 Å². The lowest BCUT2D eigenvalue weighted by molar-refractivity contribution is 0.0497. The summed E-state index contributed by atoms with van der Waals surface area (Å²) in [5.41, 5.74) is 4.51. The van der Waals surface area contributed by atoms with Gasteiger partial charge in [0.15, 0.2) is 5.78 Å². The van der Waals surface area contributed by atoms with E-state index in [0.29, 0.717) is 23.3 Å². The van der Waals surface area contributed by atoms with Crippen molar-refractivity contribution in [1.29, 1.82) is 0 Å². The second kappa shape index (κ2) is 7.47. The third kappa shape index (κ3) is 3.71. The SMILES string of the molecule is CCCCOC(=O)c1cc2c(cc1C(=O)c1ccc(C)cc1)CC=C2. The first-order chi connectivity index (χ1) is 12.1. The van der Waals surface area contributed by atoms with Gasteiger partial charge in [-0.25, -0.2) is 4.79 Å². The topological polar surface area (TPSA) is 43.4 Å². The van der Waals surface area contributed by atoms with Crippen molar-refractivity contribution in [2.24, 2.45) is 0 Å². The molecule has 3 heteroatoms. The van der Waals surface area contributed by atoms with E-state index in [4.69, 9.17) is 4.74 Å². The van der Waals surface area contributed by atoms with E-state index in [-0.39, 0.29) is 5.78 Å². The van der Waals surface area contributed by atoms with Gasteiger partial charge >= 0.3 is 5.97 Å². The molecular formula is C22H22O3. The van der Waals surface area contributed by atoms with Crippen LogP contribution in [0.25, 0.3) is 6.08 Å². The normalized spacial score (nSPS) is 12.1. The molecule has 2 aromatic rings. The maximum absolute atomic E-state index is 13.0. The van der Waals surface area contributed by atoms with Crippen LogP contribution >= 0.6 is 0 Å². The summed E-state index contributed by atoms with van der Waals surface area (Å²) in [6.07, 6.45) is 6.58. The lowest BCUT2D eigenvalue weighted by Crippen LogP contribution is -2.14. The van der Waals surface area contributed by atoms with Gasteiger partial charge in [-0.1, -0.05) is 55.3 Å². The maximum Gasteiger partial charge on any atom is 0.338 e. The quantitative estimate of drug-likeness (QED) is 0.435. The van der Waals surface area contributed by atoms with Crippen molar-refractivity contribution >= 4 is 17.8 Å². The molecule has 2 aromatic carbocycles. The summed E-state index contributed by atoms with van der Waals surface area (Å²) >= 11 is 0. The standard InChI is InChI=1S/C22H22O3/c1-3-4-12-25-22(24)20-14-18-7-5-6-17(18)13-19(20)21(23)16-10-8-15(2)9-11-16/h5,7-11,13-14H,3-4,6,12H2,1-2H3. The minimum atomic E-state index is -0.424. The molecule has 0 amide bonds. The number of unbranched alkanes of at least 4 members (excludes halogenated alkanes) is 1. The molecule has 1 aliphatic carbocycles. The van der Waals surface area contributed by atoms with Gasteiger partial charge in [-0.3, -0.25) is 4.79 Å². The van der Waals surface area contributed by atoms with Crippen molar-refractivity contribution in [1.82, 2.24) is 0 Å². The Labute approximate surface area is 148 Å². The highest BCUT2D eigenvalue weighted by atomic mass is 16.5. The fourth-order valence-electron chi connectivity index (χ4n) is 2.91. The first-order valence-corrected chi connectivity index (χ1v) is 8.72. The van der Waals surface area contributed by atoms with Crippen LogP contribution in [0.15, 0.2) is 42.5 Å². The van der Waals surface area contributed by atoms with Crippen molar-refractivity contribution in [3.63, 3.8) is 0 Å². The Morgan fingerprint density at radius 1 is 1.08 bits per heavy atom. The Kier molecular flexibility index (Phi) is 5.13. The Hall–Kier alpha value is -2.68. The van der Waals surface area contributed by atoms with Crippen molar-refractivity contribution in [3.8, 4) is 0 Å². The Bertz CT molecular complexity index is 829. The number of carbonyl (C=O) groups excluding carboxylic acids is 2. The number of rotatable bonds is 6. The smallest absolute Gasteiger partial charge is 0.338 e. The number of esters is 1. The number of ketones is 1. The van der Waals surface area contributed by atoms with E-state index in [1.54, 1.807) is 18.2 Å². The molecule has 128 valence electrons. The molecule has 0 aliphatic heterocycles. The third-order valence-corrected chi connectivity index (χ3v) is 4.42. The second-order valence-corrected chi connectivity index (χ2v) is 6.39. The summed E-state index contributed by atoms with van der Waals surface area (Å²) in [5, 5.41) is 0. The summed E-state index contributed by atoms with van der Waals surface area (Å²) in [6.45, 7) is 4.40. The molecular weight excluding hydrogens is 312 g/mol. The molecule has 0 saturated carbocycles. The predicted molar refractivity (Wildman–Crippen MR) is 99.0 cm³/mol. The fraction of sp³-hybridized carbons (Fsp3) is 0.273. The Balaban J connectivity index is 1.98. The van der Waals surface area contributed by atoms with Gasteiger partial charge in [-0.2, -0.15) is 0 Å². The van der Waals surface area contributed by atoms with Crippen molar-refractivity contribution in [3.05, 3.63) is 75.9 Å². The summed E-state index contributed by atoms with van der Waals surface area (Å²) in [7, 11) is 0. The third-order valence-electron chi connectivity index (χ3n) is 4.42. The van der Waals surface area contributed by atoms with E-state index in [9.17, 15) is 9.59 Å². The van der Waals surface area contributed by atoms with Crippen LogP contribution in [0.2, 0.25) is 0 Å². The van der Waals surface area contributed by atoms with E-state index < -0.39 is 5.97 Å². The van der Waals surface area contributed by atoms with Crippen LogP contribution in [0.4, 0.5) is 0 Å². The molecule has 0 spiro atoms. The lowest BCUT2D eigenvalue weighted by atomic mass is 9.93. The zero-order valence-corrected chi connectivity index (χ0v) is 14.7. The van der Waals surface area contributed by atoms with E-state index in [0.717, 1.165) is 36.0 Å². The van der Waals surface area contributed by atoms with E-state index in [1.807, 2.05) is 44.2 Å². The maximum atomic E-state index is 13.0. The van der Waals surface area contributed by atoms with Gasteiger partial charge in [0.05, 0.1) is 12.2 Å². The molecule has 1 aliphatic rings. The molecule has 25 heavy (non-hydrogen) atoms. The summed E-state index contributed by atoms with van der Waals surface area (Å²) in [5.74, 6) is -0.566. The number of hydrogen-bond acceptors (Lipinski definition) is 3. The summed E-state index contributed by atoms with van der Waals surface area (Å²) in [4.78, 5) is 25.5. The molecule has 0 N–H and O–H groups in total. The number of allylic oxidation sites excluding steroid dienone is 1. The zero-order valence-electron chi connectivity index (χ0n) is 14.7. The average Bonchev–Trinajstić information content (AvgIpc) is 3.08. The first-order valence-electron chi connectivity index (χ1n) is 8.72. The monoisotopic (exact) mass is 334 g/mol. The van der Waals surface area contributed by atoms with Crippen molar-refractivity contribution in [2.45, 2.75) is 33.1 Å². The van der Waals surface area contributed by atoms with Gasteiger partial charge in [0, 0.05) is 11.1 Å². The summed E-state index contributed by atoms with van der Waals surface area (Å²) in [6, 6.07) is 11.0. The number of aryl methyl sites for hydroxylation is 1. The number of fused-ring (bicyclic) bond motifs is 1. The summed E-state index contributed by atoms with van der Waals surface area (Å²) < 4.78 is 5.36. The highest BCUT2D eigenvalue weighted by Gasteiger charge is 2.22. The highest BCUT2D eigenvalue weighted by Crippen LogP contribution is 2.26. The van der Waals surface area contributed by atoms with Crippen LogP contribution in [0, 0.1) is 6.92 Å². The minimum absolute atomic E-state index is 0.142. The van der Waals surface area contributed by atoms with Gasteiger partial charge < -0.3 is 4.74 Å². The van der Waals surface area contributed by atoms with Crippen LogP contribution in [0.1, 0.15) is 62.7 Å². The van der Waals surface area contributed by atoms with Gasteiger partial charge in [-0.05, 0) is 43.0 Å². The number of ether oxygens (including phenoxy) is 1. The van der Waals surface area contributed by atoms with Crippen LogP contribution in [0.5, 0.6) is 0 Å².